The first kappa shape index (κ1) is 20.2. The third-order valence-corrected chi connectivity index (χ3v) is 3.50. The van der Waals surface area contributed by atoms with Gasteiger partial charge in [-0.2, -0.15) is 0 Å². The Balaban J connectivity index is 1.76. The summed E-state index contributed by atoms with van der Waals surface area (Å²) in [7, 11) is 1.58. The Morgan fingerprint density at radius 2 is 1.96 bits per heavy atom. The average molecular weight is 376 g/mol. The molecule has 0 bridgehead atoms. The van der Waals surface area contributed by atoms with Gasteiger partial charge in [0.1, 0.15) is 24.0 Å². The largest absolute Gasteiger partial charge is 0.492 e. The van der Waals surface area contributed by atoms with Crippen molar-refractivity contribution in [2.75, 3.05) is 25.5 Å². The van der Waals surface area contributed by atoms with Crippen LogP contribution in [0.4, 0.5) is 14.5 Å². The van der Waals surface area contributed by atoms with Crippen LogP contribution in [0.15, 0.2) is 47.5 Å². The maximum Gasteiger partial charge on any atom is 0.221 e. The Kier molecular flexibility index (Phi) is 7.54. The number of guanidine groups is 1. The van der Waals surface area contributed by atoms with E-state index in [1.807, 2.05) is 0 Å². The SMILES string of the molecule is CN=C(NCCOc1cccc(NC(C)=O)c1)NCc1cc(F)ccc1F. The van der Waals surface area contributed by atoms with E-state index in [-0.39, 0.29) is 18.0 Å². The molecule has 0 radical (unpaired) electrons. The van der Waals surface area contributed by atoms with E-state index in [9.17, 15) is 13.6 Å². The Bertz CT molecular complexity index is 812. The van der Waals surface area contributed by atoms with Crippen LogP contribution >= 0.6 is 0 Å². The van der Waals surface area contributed by atoms with Gasteiger partial charge >= 0.3 is 0 Å². The van der Waals surface area contributed by atoms with Crippen molar-refractivity contribution < 1.29 is 18.3 Å². The fourth-order valence-electron chi connectivity index (χ4n) is 2.28. The summed E-state index contributed by atoms with van der Waals surface area (Å²) in [6.07, 6.45) is 0. The van der Waals surface area contributed by atoms with Gasteiger partial charge in [-0.05, 0) is 30.3 Å². The van der Waals surface area contributed by atoms with Crippen LogP contribution in [0.5, 0.6) is 5.75 Å². The number of halogens is 2. The number of hydrogen-bond donors (Lipinski definition) is 3. The lowest BCUT2D eigenvalue weighted by molar-refractivity contribution is -0.114. The standard InChI is InChI=1S/C19H22F2N4O2/c1-13(26)25-16-4-3-5-17(11-16)27-9-8-23-19(22-2)24-12-14-10-15(20)6-7-18(14)21/h3-7,10-11H,8-9,12H2,1-2H3,(H,25,26)(H2,22,23,24). The second-order valence-corrected chi connectivity index (χ2v) is 5.65. The molecular formula is C19H22F2N4O2. The maximum absolute atomic E-state index is 13.6. The van der Waals surface area contributed by atoms with E-state index in [1.165, 1.54) is 6.92 Å². The molecule has 2 rings (SSSR count). The van der Waals surface area contributed by atoms with E-state index < -0.39 is 11.6 Å². The van der Waals surface area contributed by atoms with E-state index in [4.69, 9.17) is 4.74 Å². The second kappa shape index (κ2) is 10.1. The van der Waals surface area contributed by atoms with Crippen molar-refractivity contribution in [2.45, 2.75) is 13.5 Å². The molecule has 0 aliphatic carbocycles. The van der Waals surface area contributed by atoms with Crippen molar-refractivity contribution in [3.05, 3.63) is 59.7 Å². The molecule has 6 nitrogen and oxygen atoms in total. The molecule has 2 aromatic carbocycles. The first-order valence-electron chi connectivity index (χ1n) is 8.37. The topological polar surface area (TPSA) is 74.8 Å². The number of amides is 1. The van der Waals surface area contributed by atoms with Gasteiger partial charge < -0.3 is 20.7 Å². The van der Waals surface area contributed by atoms with Crippen molar-refractivity contribution in [1.29, 1.82) is 0 Å². The molecule has 0 heterocycles. The fourth-order valence-corrected chi connectivity index (χ4v) is 2.28. The van der Waals surface area contributed by atoms with Gasteiger partial charge in [-0.25, -0.2) is 8.78 Å². The second-order valence-electron chi connectivity index (χ2n) is 5.65. The minimum absolute atomic E-state index is 0.100. The zero-order valence-electron chi connectivity index (χ0n) is 15.2. The van der Waals surface area contributed by atoms with Crippen LogP contribution in [-0.2, 0) is 11.3 Å². The van der Waals surface area contributed by atoms with Gasteiger partial charge in [-0.15, -0.1) is 0 Å². The number of nitrogens with one attached hydrogen (secondary N) is 3. The number of carbonyl (C=O) groups excluding carboxylic acids is 1. The van der Waals surface area contributed by atoms with Crippen molar-refractivity contribution >= 4 is 17.6 Å². The Labute approximate surface area is 156 Å². The molecule has 2 aromatic rings. The summed E-state index contributed by atoms with van der Waals surface area (Å²) in [5, 5.41) is 8.61. The minimum atomic E-state index is -0.494. The van der Waals surface area contributed by atoms with Gasteiger partial charge in [-0.1, -0.05) is 6.07 Å². The molecule has 0 aliphatic heterocycles. The summed E-state index contributed by atoms with van der Waals surface area (Å²) in [6, 6.07) is 10.4. The molecule has 0 unspecified atom stereocenters. The Morgan fingerprint density at radius 1 is 1.15 bits per heavy atom. The molecule has 0 aromatic heterocycles. The summed E-state index contributed by atoms with van der Waals surface area (Å²) in [6.45, 7) is 2.32. The lowest BCUT2D eigenvalue weighted by Gasteiger charge is -2.13. The van der Waals surface area contributed by atoms with Crippen LogP contribution in [0, 0.1) is 11.6 Å². The summed E-state index contributed by atoms with van der Waals surface area (Å²) in [5.41, 5.74) is 0.867. The number of rotatable bonds is 7. The summed E-state index contributed by atoms with van der Waals surface area (Å²) < 4.78 is 32.4. The zero-order chi connectivity index (χ0) is 19.6. The third kappa shape index (κ3) is 6.93. The van der Waals surface area contributed by atoms with Crippen LogP contribution in [0.2, 0.25) is 0 Å². The molecule has 0 atom stereocenters. The van der Waals surface area contributed by atoms with Crippen molar-refractivity contribution in [2.24, 2.45) is 4.99 Å². The van der Waals surface area contributed by atoms with Gasteiger partial charge in [0.2, 0.25) is 5.91 Å². The number of nitrogens with zero attached hydrogens (tertiary/aromatic N) is 1. The zero-order valence-corrected chi connectivity index (χ0v) is 15.2. The molecular weight excluding hydrogens is 354 g/mol. The van der Waals surface area contributed by atoms with Gasteiger partial charge in [0.05, 0.1) is 6.54 Å². The van der Waals surface area contributed by atoms with Gasteiger partial charge in [0, 0.05) is 37.8 Å². The van der Waals surface area contributed by atoms with Crippen LogP contribution in [-0.4, -0.2) is 32.1 Å². The predicted octanol–water partition coefficient (Wildman–Crippen LogP) is 2.67. The highest BCUT2D eigenvalue weighted by atomic mass is 19.1. The first-order valence-corrected chi connectivity index (χ1v) is 8.37. The maximum atomic E-state index is 13.6. The molecule has 8 heteroatoms. The van der Waals surface area contributed by atoms with Crippen molar-refractivity contribution in [3.63, 3.8) is 0 Å². The van der Waals surface area contributed by atoms with Gasteiger partial charge in [-0.3, -0.25) is 9.79 Å². The quantitative estimate of drug-likeness (QED) is 0.395. The molecule has 1 amide bonds. The monoisotopic (exact) mass is 376 g/mol. The van der Waals surface area contributed by atoms with Gasteiger partial charge in [0.15, 0.2) is 5.96 Å². The molecule has 0 saturated carbocycles. The lowest BCUT2D eigenvalue weighted by atomic mass is 10.2. The Morgan fingerprint density at radius 3 is 2.70 bits per heavy atom. The number of benzene rings is 2. The third-order valence-electron chi connectivity index (χ3n) is 3.50. The number of carbonyl (C=O) groups is 1. The molecule has 0 fully saturated rings. The molecule has 0 spiro atoms. The smallest absolute Gasteiger partial charge is 0.221 e. The van der Waals surface area contributed by atoms with Crippen LogP contribution < -0.4 is 20.7 Å². The molecule has 0 aliphatic rings. The number of aliphatic imine (C=N–C) groups is 1. The van der Waals surface area contributed by atoms with E-state index >= 15 is 0 Å². The molecule has 27 heavy (non-hydrogen) atoms. The highest BCUT2D eigenvalue weighted by molar-refractivity contribution is 5.88. The highest BCUT2D eigenvalue weighted by Crippen LogP contribution is 2.17. The highest BCUT2D eigenvalue weighted by Gasteiger charge is 2.05. The van der Waals surface area contributed by atoms with E-state index in [0.717, 1.165) is 18.2 Å². The fraction of sp³-hybridized carbons (Fsp3) is 0.263. The number of anilines is 1. The minimum Gasteiger partial charge on any atom is -0.492 e. The summed E-state index contributed by atoms with van der Waals surface area (Å²) >= 11 is 0. The van der Waals surface area contributed by atoms with Crippen LogP contribution in [0.25, 0.3) is 0 Å². The van der Waals surface area contributed by atoms with Crippen molar-refractivity contribution in [3.8, 4) is 5.75 Å². The van der Waals surface area contributed by atoms with E-state index in [2.05, 4.69) is 20.9 Å². The predicted molar refractivity (Wildman–Crippen MR) is 101 cm³/mol. The van der Waals surface area contributed by atoms with Crippen LogP contribution in [0.3, 0.4) is 0 Å². The molecule has 0 saturated heterocycles. The lowest BCUT2D eigenvalue weighted by Crippen LogP contribution is -2.39. The molecule has 144 valence electrons. The number of hydrogen-bond acceptors (Lipinski definition) is 3. The summed E-state index contributed by atoms with van der Waals surface area (Å²) in [4.78, 5) is 15.1. The van der Waals surface area contributed by atoms with E-state index in [0.29, 0.717) is 30.5 Å². The van der Waals surface area contributed by atoms with Gasteiger partial charge in [0.25, 0.3) is 0 Å². The normalized spacial score (nSPS) is 11.0. The van der Waals surface area contributed by atoms with Crippen molar-refractivity contribution in [1.82, 2.24) is 10.6 Å². The summed E-state index contributed by atoms with van der Waals surface area (Å²) in [5.74, 6) is -0.0757. The first-order chi connectivity index (χ1) is 13.0. The van der Waals surface area contributed by atoms with E-state index in [1.54, 1.807) is 31.3 Å². The number of ether oxygens (including phenoxy) is 1. The Hall–Kier alpha value is -3.16. The van der Waals surface area contributed by atoms with Crippen LogP contribution in [0.1, 0.15) is 12.5 Å². The average Bonchev–Trinajstić information content (AvgIpc) is 2.63. The molecule has 3 N–H and O–H groups in total.